The Morgan fingerprint density at radius 2 is 1.78 bits per heavy atom. The van der Waals surface area contributed by atoms with Crippen molar-refractivity contribution in [2.75, 3.05) is 32.7 Å². The summed E-state index contributed by atoms with van der Waals surface area (Å²) < 4.78 is 72.1. The predicted octanol–water partition coefficient (Wildman–Crippen LogP) is 1.58. The molecule has 2 aliphatic rings. The van der Waals surface area contributed by atoms with Crippen molar-refractivity contribution in [3.63, 3.8) is 0 Å². The van der Waals surface area contributed by atoms with E-state index >= 15 is 0 Å². The second-order valence-corrected chi connectivity index (χ2v) is 9.56. The Bertz CT molecular complexity index is 1130. The van der Waals surface area contributed by atoms with Crippen molar-refractivity contribution in [3.8, 4) is 0 Å². The Balaban J connectivity index is 1.38. The van der Waals surface area contributed by atoms with E-state index < -0.39 is 38.3 Å². The molecule has 3 heterocycles. The zero-order chi connectivity index (χ0) is 23.0. The Morgan fingerprint density at radius 1 is 1.06 bits per heavy atom. The molecule has 1 atom stereocenters. The Kier molecular flexibility index (Phi) is 5.99. The van der Waals surface area contributed by atoms with Gasteiger partial charge in [-0.25, -0.2) is 21.6 Å². The predicted molar refractivity (Wildman–Crippen MR) is 104 cm³/mol. The highest BCUT2D eigenvalue weighted by atomic mass is 32.2. The lowest BCUT2D eigenvalue weighted by Crippen LogP contribution is -2.52. The molecule has 1 unspecified atom stereocenters. The van der Waals surface area contributed by atoms with Crippen LogP contribution < -0.4 is 0 Å². The average molecular weight is 471 g/mol. The first-order chi connectivity index (χ1) is 15.2. The molecule has 0 spiro atoms. The van der Waals surface area contributed by atoms with Gasteiger partial charge in [-0.3, -0.25) is 9.59 Å². The van der Waals surface area contributed by atoms with Gasteiger partial charge in [-0.1, -0.05) is 0 Å². The van der Waals surface area contributed by atoms with Gasteiger partial charge >= 0.3 is 0 Å². The molecule has 8 nitrogen and oxygen atoms in total. The van der Waals surface area contributed by atoms with Gasteiger partial charge in [-0.15, -0.1) is 0 Å². The molecular formula is C20H20F3N3O5S. The Labute approximate surface area is 182 Å². The van der Waals surface area contributed by atoms with Crippen LogP contribution >= 0.6 is 0 Å². The first kappa shape index (κ1) is 22.3. The van der Waals surface area contributed by atoms with Gasteiger partial charge in [0.1, 0.15) is 10.7 Å². The second kappa shape index (κ2) is 8.58. The van der Waals surface area contributed by atoms with E-state index in [-0.39, 0.29) is 57.5 Å². The van der Waals surface area contributed by atoms with Gasteiger partial charge in [0, 0.05) is 39.1 Å². The van der Waals surface area contributed by atoms with E-state index in [1.54, 1.807) is 12.1 Å². The van der Waals surface area contributed by atoms with Gasteiger partial charge in [0.05, 0.1) is 18.7 Å². The smallest absolute Gasteiger partial charge is 0.246 e. The van der Waals surface area contributed by atoms with Crippen LogP contribution in [0, 0.1) is 23.4 Å². The van der Waals surface area contributed by atoms with Gasteiger partial charge in [0.2, 0.25) is 21.8 Å². The molecule has 0 aliphatic carbocycles. The van der Waals surface area contributed by atoms with Crippen molar-refractivity contribution in [1.82, 2.24) is 14.1 Å². The summed E-state index contributed by atoms with van der Waals surface area (Å²) >= 11 is 0. The van der Waals surface area contributed by atoms with Crippen molar-refractivity contribution in [3.05, 3.63) is 53.7 Å². The number of benzene rings is 1. The van der Waals surface area contributed by atoms with Crippen LogP contribution in [0.3, 0.4) is 0 Å². The van der Waals surface area contributed by atoms with Gasteiger partial charge in [-0.05, 0) is 24.3 Å². The van der Waals surface area contributed by atoms with Crippen molar-refractivity contribution >= 4 is 21.8 Å². The van der Waals surface area contributed by atoms with Crippen molar-refractivity contribution in [2.24, 2.45) is 5.92 Å². The third-order valence-electron chi connectivity index (χ3n) is 5.66. The highest BCUT2D eigenvalue weighted by Crippen LogP contribution is 2.26. The molecular weight excluding hydrogens is 451 g/mol. The molecule has 2 saturated heterocycles. The van der Waals surface area contributed by atoms with Crippen molar-refractivity contribution in [1.29, 1.82) is 0 Å². The number of carbonyl (C=O) groups is 2. The van der Waals surface area contributed by atoms with E-state index in [0.717, 1.165) is 4.31 Å². The van der Waals surface area contributed by atoms with Crippen LogP contribution in [0.2, 0.25) is 0 Å². The molecule has 1 aromatic heterocycles. The van der Waals surface area contributed by atoms with E-state index in [1.165, 1.54) is 16.1 Å². The van der Waals surface area contributed by atoms with Gasteiger partial charge in [0.15, 0.2) is 17.5 Å². The molecule has 4 rings (SSSR count). The van der Waals surface area contributed by atoms with Crippen molar-refractivity contribution in [2.45, 2.75) is 17.9 Å². The SMILES string of the molecule is O=C1CC(C(=O)N2CCN(S(=O)(=O)c3ccc(F)c(F)c3F)CC2)CN1Cc1ccco1. The summed E-state index contributed by atoms with van der Waals surface area (Å²) in [4.78, 5) is 27.2. The standard InChI is InChI=1S/C20H20F3N3O5S/c21-15-3-4-16(19(23)18(15)22)32(29,30)26-7-5-24(6-8-26)20(28)13-10-17(27)25(11-13)12-14-2-1-9-31-14/h1-4,9,13H,5-8,10-12H2. The fraction of sp³-hybridized carbons (Fsp3) is 0.400. The van der Waals surface area contributed by atoms with Crippen LogP contribution in [0.25, 0.3) is 0 Å². The maximum Gasteiger partial charge on any atom is 0.246 e. The number of amides is 2. The molecule has 2 aliphatic heterocycles. The number of halogens is 3. The summed E-state index contributed by atoms with van der Waals surface area (Å²) in [6.45, 7) is 0.295. The first-order valence-corrected chi connectivity index (χ1v) is 11.3. The molecule has 0 bridgehead atoms. The highest BCUT2D eigenvalue weighted by Gasteiger charge is 2.39. The molecule has 2 aromatic rings. The lowest BCUT2D eigenvalue weighted by molar-refractivity contribution is -0.137. The summed E-state index contributed by atoms with van der Waals surface area (Å²) in [6.07, 6.45) is 1.55. The summed E-state index contributed by atoms with van der Waals surface area (Å²) in [5.74, 6) is -5.50. The minimum Gasteiger partial charge on any atom is -0.467 e. The molecule has 0 saturated carbocycles. The van der Waals surface area contributed by atoms with E-state index in [0.29, 0.717) is 17.9 Å². The summed E-state index contributed by atoms with van der Waals surface area (Å²) in [7, 11) is -4.41. The summed E-state index contributed by atoms with van der Waals surface area (Å²) in [5, 5.41) is 0. The quantitative estimate of drug-likeness (QED) is 0.618. The van der Waals surface area contributed by atoms with E-state index in [4.69, 9.17) is 4.42 Å². The van der Waals surface area contributed by atoms with Crippen molar-refractivity contribution < 1.29 is 35.6 Å². The van der Waals surface area contributed by atoms with Gasteiger partial charge in [0.25, 0.3) is 0 Å². The first-order valence-electron chi connectivity index (χ1n) is 9.91. The average Bonchev–Trinajstić information content (AvgIpc) is 3.41. The number of hydrogen-bond acceptors (Lipinski definition) is 5. The highest BCUT2D eigenvalue weighted by molar-refractivity contribution is 7.89. The minimum atomic E-state index is -4.41. The lowest BCUT2D eigenvalue weighted by atomic mass is 10.1. The van der Waals surface area contributed by atoms with E-state index in [2.05, 4.69) is 0 Å². The maximum atomic E-state index is 14.0. The van der Waals surface area contributed by atoms with E-state index in [1.807, 2.05) is 0 Å². The number of nitrogens with zero attached hydrogens (tertiary/aromatic N) is 3. The molecule has 2 amide bonds. The van der Waals surface area contributed by atoms with Crippen LogP contribution in [0.5, 0.6) is 0 Å². The van der Waals surface area contributed by atoms with Crippen LogP contribution in [0.15, 0.2) is 39.8 Å². The lowest BCUT2D eigenvalue weighted by Gasteiger charge is -2.35. The third-order valence-corrected chi connectivity index (χ3v) is 7.57. The molecule has 1 aromatic carbocycles. The fourth-order valence-corrected chi connectivity index (χ4v) is 5.41. The number of piperazine rings is 1. The van der Waals surface area contributed by atoms with Gasteiger partial charge in [-0.2, -0.15) is 4.31 Å². The number of likely N-dealkylation sites (tertiary alicyclic amines) is 1. The summed E-state index contributed by atoms with van der Waals surface area (Å²) in [6, 6.07) is 4.67. The molecule has 0 N–H and O–H groups in total. The third kappa shape index (κ3) is 4.11. The summed E-state index contributed by atoms with van der Waals surface area (Å²) in [5.41, 5.74) is 0. The molecule has 2 fully saturated rings. The minimum absolute atomic E-state index is 0.0340. The fourth-order valence-electron chi connectivity index (χ4n) is 3.93. The number of hydrogen-bond donors (Lipinski definition) is 0. The van der Waals surface area contributed by atoms with Crippen LogP contribution in [0.4, 0.5) is 13.2 Å². The number of furan rings is 1. The normalized spacial score (nSPS) is 20.2. The number of sulfonamides is 1. The van der Waals surface area contributed by atoms with Crippen LogP contribution in [0.1, 0.15) is 12.2 Å². The number of carbonyl (C=O) groups excluding carboxylic acids is 2. The van der Waals surface area contributed by atoms with E-state index in [9.17, 15) is 31.2 Å². The number of rotatable bonds is 5. The largest absolute Gasteiger partial charge is 0.467 e. The zero-order valence-electron chi connectivity index (χ0n) is 16.8. The second-order valence-electron chi connectivity index (χ2n) is 7.66. The van der Waals surface area contributed by atoms with Crippen LogP contribution in [-0.4, -0.2) is 67.1 Å². The van der Waals surface area contributed by atoms with Gasteiger partial charge < -0.3 is 14.2 Å². The molecule has 32 heavy (non-hydrogen) atoms. The molecule has 12 heteroatoms. The molecule has 0 radical (unpaired) electrons. The monoisotopic (exact) mass is 471 g/mol. The molecule has 172 valence electrons. The maximum absolute atomic E-state index is 14.0. The topological polar surface area (TPSA) is 91.1 Å². The zero-order valence-corrected chi connectivity index (χ0v) is 17.7. The Hall–Kier alpha value is -2.86. The van der Waals surface area contributed by atoms with Crippen LogP contribution in [-0.2, 0) is 26.2 Å². The Morgan fingerprint density at radius 3 is 2.44 bits per heavy atom.